The number of nitrogens with zero attached hydrogens (tertiary/aromatic N) is 1. The van der Waals surface area contributed by atoms with Gasteiger partial charge in [-0.2, -0.15) is 0 Å². The van der Waals surface area contributed by atoms with Crippen LogP contribution in [0.25, 0.3) is 0 Å². The van der Waals surface area contributed by atoms with Gasteiger partial charge in [0, 0.05) is 48.9 Å². The number of anilines is 1. The Bertz CT molecular complexity index is 450. The topological polar surface area (TPSA) is 58.4 Å². The Labute approximate surface area is 116 Å². The van der Waals surface area contributed by atoms with Gasteiger partial charge in [-0.15, -0.1) is 11.8 Å². The third-order valence-electron chi connectivity index (χ3n) is 3.02. The average Bonchev–Trinajstić information content (AvgIpc) is 2.43. The van der Waals surface area contributed by atoms with E-state index in [9.17, 15) is 9.18 Å². The summed E-state index contributed by atoms with van der Waals surface area (Å²) in [6.07, 6.45) is 0.459. The van der Waals surface area contributed by atoms with Crippen LogP contribution >= 0.6 is 11.8 Å². The van der Waals surface area contributed by atoms with Crippen LogP contribution in [0, 0.1) is 5.82 Å². The predicted molar refractivity (Wildman–Crippen MR) is 75.6 cm³/mol. The highest BCUT2D eigenvalue weighted by Crippen LogP contribution is 2.26. The van der Waals surface area contributed by atoms with Crippen LogP contribution < -0.4 is 11.1 Å². The monoisotopic (exact) mass is 283 g/mol. The Balaban J connectivity index is 1.79. The number of piperazine rings is 1. The van der Waals surface area contributed by atoms with E-state index in [1.807, 2.05) is 4.90 Å². The van der Waals surface area contributed by atoms with Crippen molar-refractivity contribution in [1.82, 2.24) is 10.2 Å². The molecule has 1 heterocycles. The standard InChI is InChI=1S/C13H18FN3OS/c14-10-1-2-11(15)12(9-10)19-8-3-13(18)17-6-4-16-5-7-17/h1-2,9,16H,3-8,15H2. The molecular weight excluding hydrogens is 265 g/mol. The predicted octanol–water partition coefficient (Wildman–Crippen LogP) is 1.32. The van der Waals surface area contributed by atoms with Crippen molar-refractivity contribution in [2.45, 2.75) is 11.3 Å². The van der Waals surface area contributed by atoms with Crippen molar-refractivity contribution < 1.29 is 9.18 Å². The van der Waals surface area contributed by atoms with Gasteiger partial charge >= 0.3 is 0 Å². The molecule has 1 aliphatic rings. The first-order valence-electron chi connectivity index (χ1n) is 6.33. The molecule has 0 radical (unpaired) electrons. The molecule has 1 saturated heterocycles. The van der Waals surface area contributed by atoms with Crippen LogP contribution in [0.3, 0.4) is 0 Å². The maximum Gasteiger partial charge on any atom is 0.223 e. The highest BCUT2D eigenvalue weighted by Gasteiger charge is 2.15. The molecule has 1 amide bonds. The van der Waals surface area contributed by atoms with Gasteiger partial charge in [-0.05, 0) is 18.2 Å². The lowest BCUT2D eigenvalue weighted by molar-refractivity contribution is -0.131. The number of carbonyl (C=O) groups excluding carboxylic acids is 1. The first-order valence-corrected chi connectivity index (χ1v) is 7.31. The second kappa shape index (κ2) is 6.77. The number of nitrogen functional groups attached to an aromatic ring is 1. The maximum atomic E-state index is 13.1. The Morgan fingerprint density at radius 2 is 2.16 bits per heavy atom. The summed E-state index contributed by atoms with van der Waals surface area (Å²) < 4.78 is 13.1. The van der Waals surface area contributed by atoms with Crippen LogP contribution in [-0.2, 0) is 4.79 Å². The summed E-state index contributed by atoms with van der Waals surface area (Å²) >= 11 is 1.43. The molecular formula is C13H18FN3OS. The number of thioether (sulfide) groups is 1. The quantitative estimate of drug-likeness (QED) is 0.646. The minimum absolute atomic E-state index is 0.156. The summed E-state index contributed by atoms with van der Waals surface area (Å²) in [6, 6.07) is 4.30. The highest BCUT2D eigenvalue weighted by molar-refractivity contribution is 7.99. The Kier molecular flexibility index (Phi) is 5.04. The molecule has 0 spiro atoms. The summed E-state index contributed by atoms with van der Waals surface area (Å²) in [5.74, 6) is 0.477. The smallest absolute Gasteiger partial charge is 0.223 e. The minimum atomic E-state index is -0.301. The van der Waals surface area contributed by atoms with E-state index in [2.05, 4.69) is 5.32 Å². The van der Waals surface area contributed by atoms with Crippen molar-refractivity contribution in [3.8, 4) is 0 Å². The van der Waals surface area contributed by atoms with Gasteiger partial charge in [-0.25, -0.2) is 4.39 Å². The summed E-state index contributed by atoms with van der Waals surface area (Å²) in [5, 5.41) is 3.21. The second-order valence-electron chi connectivity index (χ2n) is 4.41. The van der Waals surface area contributed by atoms with Gasteiger partial charge in [0.1, 0.15) is 5.82 Å². The molecule has 0 unspecified atom stereocenters. The van der Waals surface area contributed by atoms with Crippen LogP contribution in [0.1, 0.15) is 6.42 Å². The molecule has 104 valence electrons. The third-order valence-corrected chi connectivity index (χ3v) is 4.09. The van der Waals surface area contributed by atoms with Crippen molar-refractivity contribution in [2.24, 2.45) is 0 Å². The summed E-state index contributed by atoms with van der Waals surface area (Å²) in [6.45, 7) is 3.25. The van der Waals surface area contributed by atoms with E-state index >= 15 is 0 Å². The molecule has 6 heteroatoms. The lowest BCUT2D eigenvalue weighted by Crippen LogP contribution is -2.46. The van der Waals surface area contributed by atoms with Crippen LogP contribution in [0.5, 0.6) is 0 Å². The van der Waals surface area contributed by atoms with Gasteiger partial charge in [0.25, 0.3) is 0 Å². The molecule has 4 nitrogen and oxygen atoms in total. The van der Waals surface area contributed by atoms with E-state index in [-0.39, 0.29) is 11.7 Å². The van der Waals surface area contributed by atoms with Crippen LogP contribution in [-0.4, -0.2) is 42.7 Å². The van der Waals surface area contributed by atoms with Crippen molar-refractivity contribution >= 4 is 23.4 Å². The molecule has 0 atom stereocenters. The molecule has 1 aromatic carbocycles. The molecule has 0 bridgehead atoms. The van der Waals surface area contributed by atoms with E-state index in [4.69, 9.17) is 5.73 Å². The maximum absolute atomic E-state index is 13.1. The van der Waals surface area contributed by atoms with E-state index in [1.165, 1.54) is 23.9 Å². The Morgan fingerprint density at radius 1 is 1.42 bits per heavy atom. The van der Waals surface area contributed by atoms with Crippen LogP contribution in [0.2, 0.25) is 0 Å². The SMILES string of the molecule is Nc1ccc(F)cc1SCCC(=O)N1CCNCC1. The van der Waals surface area contributed by atoms with E-state index in [1.54, 1.807) is 6.07 Å². The molecule has 19 heavy (non-hydrogen) atoms. The molecule has 0 aliphatic carbocycles. The van der Waals surface area contributed by atoms with Gasteiger partial charge in [-0.3, -0.25) is 4.79 Å². The molecule has 1 aromatic rings. The number of nitrogens with two attached hydrogens (primary N) is 1. The van der Waals surface area contributed by atoms with E-state index in [0.29, 0.717) is 22.8 Å². The van der Waals surface area contributed by atoms with Gasteiger partial charge in [0.05, 0.1) is 0 Å². The fourth-order valence-corrected chi connectivity index (χ4v) is 2.88. The molecule has 0 saturated carbocycles. The number of nitrogens with one attached hydrogen (secondary N) is 1. The molecule has 1 fully saturated rings. The first kappa shape index (κ1) is 14.1. The Morgan fingerprint density at radius 3 is 2.89 bits per heavy atom. The third kappa shape index (κ3) is 4.11. The van der Waals surface area contributed by atoms with Crippen molar-refractivity contribution in [3.63, 3.8) is 0 Å². The number of amides is 1. The molecule has 2 rings (SSSR count). The van der Waals surface area contributed by atoms with Crippen molar-refractivity contribution in [3.05, 3.63) is 24.0 Å². The van der Waals surface area contributed by atoms with Crippen LogP contribution in [0.4, 0.5) is 10.1 Å². The highest BCUT2D eigenvalue weighted by atomic mass is 32.2. The molecule has 1 aliphatic heterocycles. The normalized spacial score (nSPS) is 15.5. The lowest BCUT2D eigenvalue weighted by atomic mass is 10.3. The minimum Gasteiger partial charge on any atom is -0.398 e. The van der Waals surface area contributed by atoms with Crippen molar-refractivity contribution in [1.29, 1.82) is 0 Å². The number of benzene rings is 1. The van der Waals surface area contributed by atoms with Crippen LogP contribution in [0.15, 0.2) is 23.1 Å². The zero-order valence-corrected chi connectivity index (χ0v) is 11.5. The van der Waals surface area contributed by atoms with Gasteiger partial charge in [-0.1, -0.05) is 0 Å². The zero-order valence-electron chi connectivity index (χ0n) is 10.7. The van der Waals surface area contributed by atoms with E-state index in [0.717, 1.165) is 26.2 Å². The fraction of sp³-hybridized carbons (Fsp3) is 0.462. The number of halogens is 1. The van der Waals surface area contributed by atoms with E-state index < -0.39 is 0 Å². The number of rotatable bonds is 4. The largest absolute Gasteiger partial charge is 0.398 e. The molecule has 0 aromatic heterocycles. The summed E-state index contributed by atoms with van der Waals surface area (Å²) in [4.78, 5) is 14.5. The van der Waals surface area contributed by atoms with Crippen molar-refractivity contribution in [2.75, 3.05) is 37.7 Å². The van der Waals surface area contributed by atoms with Gasteiger partial charge in [0.2, 0.25) is 5.91 Å². The lowest BCUT2D eigenvalue weighted by Gasteiger charge is -2.27. The fourth-order valence-electron chi connectivity index (χ4n) is 1.95. The second-order valence-corrected chi connectivity index (χ2v) is 5.55. The summed E-state index contributed by atoms with van der Waals surface area (Å²) in [7, 11) is 0. The molecule has 3 N–H and O–H groups in total. The number of hydrogen-bond acceptors (Lipinski definition) is 4. The average molecular weight is 283 g/mol. The zero-order chi connectivity index (χ0) is 13.7. The van der Waals surface area contributed by atoms with Gasteiger partial charge in [0.15, 0.2) is 0 Å². The van der Waals surface area contributed by atoms with Gasteiger partial charge < -0.3 is 16.0 Å². The number of carbonyl (C=O) groups is 1. The Hall–Kier alpha value is -1.27. The summed E-state index contributed by atoms with van der Waals surface area (Å²) in [5.41, 5.74) is 6.31. The first-order chi connectivity index (χ1) is 9.16. The number of hydrogen-bond donors (Lipinski definition) is 2.